The zero-order valence-electron chi connectivity index (χ0n) is 9.84. The van der Waals surface area contributed by atoms with Crippen LogP contribution in [0, 0.1) is 0 Å². The lowest BCUT2D eigenvalue weighted by Gasteiger charge is -2.08. The molecule has 0 fully saturated rings. The lowest BCUT2D eigenvalue weighted by molar-refractivity contribution is -0.114. The number of aromatic amines is 1. The number of carbonyl (C=O) groups is 1. The highest BCUT2D eigenvalue weighted by Crippen LogP contribution is 2.18. The summed E-state index contributed by atoms with van der Waals surface area (Å²) in [6, 6.07) is 7.30. The van der Waals surface area contributed by atoms with Crippen LogP contribution >= 0.6 is 0 Å². The molecule has 18 heavy (non-hydrogen) atoms. The minimum atomic E-state index is -1.25. The van der Waals surface area contributed by atoms with Crippen LogP contribution in [0.4, 0.5) is 5.69 Å². The predicted octanol–water partition coefficient (Wildman–Crippen LogP) is 1.68. The summed E-state index contributed by atoms with van der Waals surface area (Å²) in [7, 11) is -1.25. The topological polar surface area (TPSA) is 74.8 Å². The number of aromatic nitrogens is 2. The minimum absolute atomic E-state index is 0.147. The SMILES string of the molecule is CC(=O)Nc1ccccc1CS(=O)c1ncc[nH]1. The molecule has 0 radical (unpaired) electrons. The Balaban J connectivity index is 2.18. The lowest BCUT2D eigenvalue weighted by atomic mass is 10.2. The van der Waals surface area contributed by atoms with Crippen molar-refractivity contribution in [1.29, 1.82) is 0 Å². The van der Waals surface area contributed by atoms with E-state index in [4.69, 9.17) is 0 Å². The molecule has 1 aromatic carbocycles. The van der Waals surface area contributed by atoms with E-state index in [-0.39, 0.29) is 5.91 Å². The van der Waals surface area contributed by atoms with E-state index in [1.165, 1.54) is 6.92 Å². The Morgan fingerprint density at radius 1 is 1.44 bits per heavy atom. The van der Waals surface area contributed by atoms with Crippen LogP contribution in [-0.2, 0) is 21.3 Å². The fourth-order valence-corrected chi connectivity index (χ4v) is 2.59. The molecule has 2 aromatic rings. The second-order valence-electron chi connectivity index (χ2n) is 3.72. The molecule has 0 spiro atoms. The molecule has 0 saturated heterocycles. The van der Waals surface area contributed by atoms with E-state index in [2.05, 4.69) is 15.3 Å². The first kappa shape index (κ1) is 12.5. The average molecular weight is 263 g/mol. The van der Waals surface area contributed by atoms with Gasteiger partial charge in [-0.2, -0.15) is 0 Å². The van der Waals surface area contributed by atoms with Crippen LogP contribution in [0.15, 0.2) is 41.8 Å². The molecule has 1 unspecified atom stereocenters. The van der Waals surface area contributed by atoms with Gasteiger partial charge in [0.2, 0.25) is 5.91 Å². The van der Waals surface area contributed by atoms with E-state index >= 15 is 0 Å². The fourth-order valence-electron chi connectivity index (χ4n) is 1.54. The first-order chi connectivity index (χ1) is 8.66. The van der Waals surface area contributed by atoms with E-state index < -0.39 is 10.8 Å². The number of hydrogen-bond acceptors (Lipinski definition) is 3. The summed E-state index contributed by atoms with van der Waals surface area (Å²) in [5.41, 5.74) is 1.51. The van der Waals surface area contributed by atoms with E-state index in [0.29, 0.717) is 16.6 Å². The molecular formula is C12H13N3O2S. The number of para-hydroxylation sites is 1. The average Bonchev–Trinajstić information content (AvgIpc) is 2.84. The third-order valence-corrected chi connectivity index (χ3v) is 3.53. The maximum Gasteiger partial charge on any atom is 0.221 e. The molecular weight excluding hydrogens is 250 g/mol. The van der Waals surface area contributed by atoms with Gasteiger partial charge in [0.1, 0.15) is 0 Å². The summed E-state index contributed by atoms with van der Waals surface area (Å²) in [5.74, 6) is 0.162. The van der Waals surface area contributed by atoms with Crippen molar-refractivity contribution in [2.75, 3.05) is 5.32 Å². The molecule has 0 aliphatic heterocycles. The number of hydrogen-bond donors (Lipinski definition) is 2. The van der Waals surface area contributed by atoms with Gasteiger partial charge in [-0.3, -0.25) is 9.00 Å². The molecule has 1 heterocycles. The van der Waals surface area contributed by atoms with Crippen molar-refractivity contribution in [1.82, 2.24) is 9.97 Å². The van der Waals surface area contributed by atoms with Crippen molar-refractivity contribution in [2.45, 2.75) is 17.8 Å². The van der Waals surface area contributed by atoms with Gasteiger partial charge in [-0.15, -0.1) is 0 Å². The number of rotatable bonds is 4. The van der Waals surface area contributed by atoms with Crippen LogP contribution < -0.4 is 5.32 Å². The molecule has 6 heteroatoms. The Labute approximate surface area is 107 Å². The number of nitrogens with one attached hydrogen (secondary N) is 2. The van der Waals surface area contributed by atoms with Gasteiger partial charge < -0.3 is 10.3 Å². The number of amides is 1. The molecule has 1 aromatic heterocycles. The number of imidazole rings is 1. The summed E-state index contributed by atoms with van der Waals surface area (Å²) in [4.78, 5) is 17.9. The third kappa shape index (κ3) is 3.04. The fraction of sp³-hybridized carbons (Fsp3) is 0.167. The first-order valence-electron chi connectivity index (χ1n) is 5.40. The largest absolute Gasteiger partial charge is 0.338 e. The van der Waals surface area contributed by atoms with Crippen LogP contribution in [0.5, 0.6) is 0 Å². The monoisotopic (exact) mass is 263 g/mol. The highest BCUT2D eigenvalue weighted by Gasteiger charge is 2.10. The Bertz CT molecular complexity index is 566. The number of nitrogens with zero attached hydrogens (tertiary/aromatic N) is 1. The molecule has 0 bridgehead atoms. The normalized spacial score (nSPS) is 12.1. The van der Waals surface area contributed by atoms with Crippen LogP contribution in [-0.4, -0.2) is 20.1 Å². The number of anilines is 1. The molecule has 0 saturated carbocycles. The molecule has 5 nitrogen and oxygen atoms in total. The number of carbonyl (C=O) groups excluding carboxylic acids is 1. The van der Waals surface area contributed by atoms with E-state index in [1.807, 2.05) is 18.2 Å². The van der Waals surface area contributed by atoms with Crippen molar-refractivity contribution in [3.8, 4) is 0 Å². The van der Waals surface area contributed by atoms with Crippen LogP contribution in [0.2, 0.25) is 0 Å². The molecule has 1 amide bonds. The number of H-pyrrole nitrogens is 1. The van der Waals surface area contributed by atoms with Crippen molar-refractivity contribution in [3.05, 3.63) is 42.2 Å². The first-order valence-corrected chi connectivity index (χ1v) is 6.72. The van der Waals surface area contributed by atoms with E-state index in [9.17, 15) is 9.00 Å². The van der Waals surface area contributed by atoms with Gasteiger partial charge in [0.15, 0.2) is 5.16 Å². The summed E-state index contributed by atoms with van der Waals surface area (Å²) >= 11 is 0. The van der Waals surface area contributed by atoms with Crippen molar-refractivity contribution in [2.24, 2.45) is 0 Å². The van der Waals surface area contributed by atoms with Crippen LogP contribution in [0.3, 0.4) is 0 Å². The second-order valence-corrected chi connectivity index (χ2v) is 5.09. The van der Waals surface area contributed by atoms with Gasteiger partial charge in [-0.25, -0.2) is 4.98 Å². The zero-order valence-corrected chi connectivity index (χ0v) is 10.7. The Morgan fingerprint density at radius 3 is 2.89 bits per heavy atom. The molecule has 2 rings (SSSR count). The van der Waals surface area contributed by atoms with Gasteiger partial charge in [-0.05, 0) is 11.6 Å². The Kier molecular flexibility index (Phi) is 3.88. The van der Waals surface area contributed by atoms with Crippen molar-refractivity contribution < 1.29 is 9.00 Å². The van der Waals surface area contributed by atoms with Gasteiger partial charge in [-0.1, -0.05) is 18.2 Å². The molecule has 94 valence electrons. The summed E-state index contributed by atoms with van der Waals surface area (Å²) < 4.78 is 12.0. The zero-order chi connectivity index (χ0) is 13.0. The van der Waals surface area contributed by atoms with E-state index in [0.717, 1.165) is 5.56 Å². The highest BCUT2D eigenvalue weighted by molar-refractivity contribution is 7.84. The third-order valence-electron chi connectivity index (χ3n) is 2.30. The number of benzene rings is 1. The van der Waals surface area contributed by atoms with Gasteiger partial charge in [0, 0.05) is 25.0 Å². The van der Waals surface area contributed by atoms with Gasteiger partial charge in [0.05, 0.1) is 16.6 Å². The minimum Gasteiger partial charge on any atom is -0.338 e. The predicted molar refractivity (Wildman–Crippen MR) is 69.4 cm³/mol. The maximum atomic E-state index is 12.0. The Hall–Kier alpha value is -1.95. The molecule has 2 N–H and O–H groups in total. The van der Waals surface area contributed by atoms with Crippen LogP contribution in [0.25, 0.3) is 0 Å². The van der Waals surface area contributed by atoms with Crippen LogP contribution in [0.1, 0.15) is 12.5 Å². The maximum absolute atomic E-state index is 12.0. The van der Waals surface area contributed by atoms with Gasteiger partial charge in [0.25, 0.3) is 0 Å². The summed E-state index contributed by atoms with van der Waals surface area (Å²) in [5, 5.41) is 3.16. The van der Waals surface area contributed by atoms with Gasteiger partial charge >= 0.3 is 0 Å². The van der Waals surface area contributed by atoms with Crippen molar-refractivity contribution in [3.63, 3.8) is 0 Å². The summed E-state index contributed by atoms with van der Waals surface area (Å²) in [6.45, 7) is 1.44. The molecule has 0 aliphatic rings. The molecule has 0 aliphatic carbocycles. The Morgan fingerprint density at radius 2 is 2.22 bits per heavy atom. The highest BCUT2D eigenvalue weighted by atomic mass is 32.2. The summed E-state index contributed by atoms with van der Waals surface area (Å²) in [6.07, 6.45) is 3.19. The second kappa shape index (κ2) is 5.59. The quantitative estimate of drug-likeness (QED) is 0.881. The van der Waals surface area contributed by atoms with E-state index in [1.54, 1.807) is 18.5 Å². The standard InChI is InChI=1S/C12H13N3O2S/c1-9(16)15-11-5-3-2-4-10(11)8-18(17)12-13-6-7-14-12/h2-7H,8H2,1H3,(H,13,14)(H,15,16). The lowest BCUT2D eigenvalue weighted by Crippen LogP contribution is -2.09. The molecule has 1 atom stereocenters. The van der Waals surface area contributed by atoms with Crippen molar-refractivity contribution >= 4 is 22.4 Å². The smallest absolute Gasteiger partial charge is 0.221 e.